The van der Waals surface area contributed by atoms with Crippen LogP contribution in [0.5, 0.6) is 0 Å². The molecule has 5 heterocycles. The van der Waals surface area contributed by atoms with Crippen molar-refractivity contribution >= 4 is 37.8 Å². The van der Waals surface area contributed by atoms with Crippen molar-refractivity contribution in [2.45, 2.75) is 12.6 Å². The molecule has 212 valence electrons. The van der Waals surface area contributed by atoms with Gasteiger partial charge in [-0.05, 0) is 59.2 Å². The van der Waals surface area contributed by atoms with Gasteiger partial charge in [-0.2, -0.15) is 5.10 Å². The summed E-state index contributed by atoms with van der Waals surface area (Å²) in [7, 11) is -3.42. The average Bonchev–Trinajstić information content (AvgIpc) is 3.57. The Morgan fingerprint density at radius 1 is 1.05 bits per heavy atom. The number of halogens is 1. The number of anilines is 1. The Morgan fingerprint density at radius 2 is 1.90 bits per heavy atom. The van der Waals surface area contributed by atoms with Crippen molar-refractivity contribution in [1.82, 2.24) is 34.9 Å². The molecule has 2 aromatic carbocycles. The first-order chi connectivity index (χ1) is 20.2. The lowest BCUT2D eigenvalue weighted by molar-refractivity contribution is 0.514. The maximum atomic E-state index is 14.6. The number of benzene rings is 2. The van der Waals surface area contributed by atoms with E-state index in [2.05, 4.69) is 29.8 Å². The van der Waals surface area contributed by atoms with Crippen LogP contribution in [-0.4, -0.2) is 63.9 Å². The lowest BCUT2D eigenvalue weighted by Crippen LogP contribution is -2.56. The Morgan fingerprint density at radius 3 is 2.71 bits per heavy atom. The minimum absolute atomic E-state index is 0.00985. The number of hydrogen-bond donors (Lipinski definition) is 4. The van der Waals surface area contributed by atoms with Crippen molar-refractivity contribution in [3.63, 3.8) is 0 Å². The van der Waals surface area contributed by atoms with Crippen LogP contribution in [0.3, 0.4) is 0 Å². The SMILES string of the molecule is CS(=O)(=O)NCc1cc(F)cc(-c2cccc3[nH]c(-c4n[nH]c5ccc(-c6cncc(N7CC(N)C7)n6)nc45)cc23)c1. The fourth-order valence-corrected chi connectivity index (χ4v) is 5.65. The van der Waals surface area contributed by atoms with Crippen LogP contribution in [-0.2, 0) is 16.6 Å². The summed E-state index contributed by atoms with van der Waals surface area (Å²) in [6, 6.07) is 16.2. The van der Waals surface area contributed by atoms with E-state index in [9.17, 15) is 12.8 Å². The van der Waals surface area contributed by atoms with E-state index in [1.54, 1.807) is 18.5 Å². The number of nitrogens with one attached hydrogen (secondary N) is 3. The third kappa shape index (κ3) is 4.98. The van der Waals surface area contributed by atoms with Gasteiger partial charge in [0.1, 0.15) is 28.5 Å². The first-order valence-electron chi connectivity index (χ1n) is 13.2. The largest absolute Gasteiger partial charge is 0.353 e. The van der Waals surface area contributed by atoms with Gasteiger partial charge in [0.25, 0.3) is 0 Å². The summed E-state index contributed by atoms with van der Waals surface area (Å²) >= 11 is 0. The van der Waals surface area contributed by atoms with Crippen molar-refractivity contribution in [3.8, 4) is 33.9 Å². The van der Waals surface area contributed by atoms with Crippen LogP contribution in [0.25, 0.3) is 55.8 Å². The summed E-state index contributed by atoms with van der Waals surface area (Å²) < 4.78 is 40.1. The highest BCUT2D eigenvalue weighted by Crippen LogP contribution is 2.35. The van der Waals surface area contributed by atoms with Gasteiger partial charge in [-0.25, -0.2) is 27.5 Å². The second-order valence-electron chi connectivity index (χ2n) is 10.5. The number of H-pyrrole nitrogens is 2. The topological polar surface area (TPSA) is 159 Å². The zero-order valence-corrected chi connectivity index (χ0v) is 23.3. The summed E-state index contributed by atoms with van der Waals surface area (Å²) in [5.74, 6) is 0.309. The molecule has 0 spiro atoms. The summed E-state index contributed by atoms with van der Waals surface area (Å²) in [6.45, 7) is 1.48. The van der Waals surface area contributed by atoms with Crippen molar-refractivity contribution in [3.05, 3.63) is 78.4 Å². The van der Waals surface area contributed by atoms with Crippen LogP contribution in [0.2, 0.25) is 0 Å². The van der Waals surface area contributed by atoms with Gasteiger partial charge >= 0.3 is 0 Å². The number of aromatic amines is 2. The number of nitrogens with two attached hydrogens (primary N) is 1. The molecule has 6 aromatic rings. The molecular weight excluding hydrogens is 557 g/mol. The number of pyridine rings is 1. The molecule has 7 rings (SSSR count). The van der Waals surface area contributed by atoms with Gasteiger partial charge in [0.15, 0.2) is 0 Å². The summed E-state index contributed by atoms with van der Waals surface area (Å²) in [5.41, 5.74) is 12.8. The van der Waals surface area contributed by atoms with Crippen LogP contribution in [0.1, 0.15) is 5.56 Å². The highest BCUT2D eigenvalue weighted by Gasteiger charge is 2.25. The molecule has 1 fully saturated rings. The molecule has 4 aromatic heterocycles. The second-order valence-corrected chi connectivity index (χ2v) is 12.3. The first kappa shape index (κ1) is 26.2. The Labute approximate surface area is 240 Å². The number of hydrogen-bond acceptors (Lipinski definition) is 8. The fourth-order valence-electron chi connectivity index (χ4n) is 5.22. The van der Waals surface area contributed by atoms with Gasteiger partial charge in [-0.1, -0.05) is 12.1 Å². The lowest BCUT2D eigenvalue weighted by atomic mass is 9.99. The highest BCUT2D eigenvalue weighted by molar-refractivity contribution is 7.88. The zero-order chi connectivity index (χ0) is 29.0. The fraction of sp³-hybridized carbons (Fsp3) is 0.172. The Bertz CT molecular complexity index is 2080. The van der Waals surface area contributed by atoms with E-state index in [0.717, 1.165) is 52.8 Å². The van der Waals surface area contributed by atoms with Gasteiger partial charge in [0, 0.05) is 36.6 Å². The van der Waals surface area contributed by atoms with E-state index >= 15 is 0 Å². The molecule has 11 nitrogen and oxygen atoms in total. The van der Waals surface area contributed by atoms with Crippen LogP contribution in [0, 0.1) is 5.82 Å². The van der Waals surface area contributed by atoms with Gasteiger partial charge < -0.3 is 15.6 Å². The van der Waals surface area contributed by atoms with Crippen LogP contribution in [0.15, 0.2) is 67.0 Å². The van der Waals surface area contributed by atoms with Gasteiger partial charge in [0.05, 0.1) is 35.6 Å². The number of fused-ring (bicyclic) bond motifs is 2. The minimum atomic E-state index is -3.42. The lowest BCUT2D eigenvalue weighted by Gasteiger charge is -2.37. The third-order valence-corrected chi connectivity index (χ3v) is 7.92. The normalized spacial score (nSPS) is 14.1. The molecule has 42 heavy (non-hydrogen) atoms. The molecule has 1 aliphatic heterocycles. The Hall–Kier alpha value is -4.72. The first-order valence-corrected chi connectivity index (χ1v) is 15.1. The summed E-state index contributed by atoms with van der Waals surface area (Å²) in [4.78, 5) is 19.5. The molecule has 1 saturated heterocycles. The van der Waals surface area contributed by atoms with Crippen molar-refractivity contribution in [1.29, 1.82) is 0 Å². The second kappa shape index (κ2) is 9.98. The van der Waals surface area contributed by atoms with E-state index in [0.29, 0.717) is 33.7 Å². The van der Waals surface area contributed by atoms with E-state index in [1.165, 1.54) is 12.1 Å². The van der Waals surface area contributed by atoms with E-state index < -0.39 is 15.8 Å². The number of nitrogens with zero attached hydrogens (tertiary/aromatic N) is 5. The van der Waals surface area contributed by atoms with E-state index in [1.807, 2.05) is 36.4 Å². The Kier molecular flexibility index (Phi) is 6.22. The van der Waals surface area contributed by atoms with E-state index in [4.69, 9.17) is 15.7 Å². The standard InChI is InChI=1S/C29H26FN9O2S/c1-42(40,41)33-11-16-7-17(9-18(30)8-16)20-3-2-4-22-21(20)10-25(34-22)29-28-24(37-38-29)6-5-23(36-28)26-12-32-13-27(35-26)39-14-19(31)15-39/h2-10,12-13,19,33-34H,11,14-15,31H2,1H3,(H,37,38). The summed E-state index contributed by atoms with van der Waals surface area (Å²) in [6.07, 6.45) is 4.48. The third-order valence-electron chi connectivity index (χ3n) is 7.25. The molecule has 1 aliphatic rings. The van der Waals surface area contributed by atoms with Crippen molar-refractivity contribution in [2.24, 2.45) is 5.73 Å². The number of aromatic nitrogens is 6. The van der Waals surface area contributed by atoms with Gasteiger partial charge in [-0.15, -0.1) is 0 Å². The maximum Gasteiger partial charge on any atom is 0.209 e. The Balaban J connectivity index is 1.26. The van der Waals surface area contributed by atoms with Crippen LogP contribution in [0.4, 0.5) is 10.2 Å². The molecule has 5 N–H and O–H groups in total. The van der Waals surface area contributed by atoms with Gasteiger partial charge in [0.2, 0.25) is 10.0 Å². The number of rotatable bonds is 7. The molecule has 0 radical (unpaired) electrons. The predicted molar refractivity (Wildman–Crippen MR) is 159 cm³/mol. The molecule has 0 atom stereocenters. The molecule has 0 unspecified atom stereocenters. The molecule has 0 aliphatic carbocycles. The predicted octanol–water partition coefficient (Wildman–Crippen LogP) is 3.57. The highest BCUT2D eigenvalue weighted by atomic mass is 32.2. The molecule has 13 heteroatoms. The average molecular weight is 584 g/mol. The molecular formula is C29H26FN9O2S. The molecule has 0 bridgehead atoms. The zero-order valence-electron chi connectivity index (χ0n) is 22.5. The van der Waals surface area contributed by atoms with Crippen LogP contribution >= 0.6 is 0 Å². The van der Waals surface area contributed by atoms with Crippen LogP contribution < -0.4 is 15.4 Å². The maximum absolute atomic E-state index is 14.6. The molecule has 0 saturated carbocycles. The van der Waals surface area contributed by atoms with E-state index in [-0.39, 0.29) is 12.6 Å². The van der Waals surface area contributed by atoms with Crippen molar-refractivity contribution in [2.75, 3.05) is 24.2 Å². The quantitative estimate of drug-likeness (QED) is 0.222. The minimum Gasteiger partial charge on any atom is -0.353 e. The van der Waals surface area contributed by atoms with Gasteiger partial charge in [-0.3, -0.25) is 10.1 Å². The van der Waals surface area contributed by atoms with Crippen molar-refractivity contribution < 1.29 is 12.8 Å². The summed E-state index contributed by atoms with van der Waals surface area (Å²) in [5, 5.41) is 8.46. The monoisotopic (exact) mass is 583 g/mol. The molecule has 0 amide bonds. The smallest absolute Gasteiger partial charge is 0.209 e. The number of sulfonamides is 1.